The van der Waals surface area contributed by atoms with E-state index >= 15 is 0 Å². The molecule has 3 aromatic rings. The molecule has 0 bridgehead atoms. The molecule has 1 aromatic heterocycles. The molecule has 1 saturated heterocycles. The number of rotatable bonds is 6. The van der Waals surface area contributed by atoms with Crippen molar-refractivity contribution in [3.63, 3.8) is 0 Å². The standard InChI is InChI=1S/C25H27FN4O2/c1-17-12-14-30(15-13-17)24-11-10-23(28-29-24)19-6-8-21(9-7-19)27-25(31)18(2)32-22-5-3-4-20(26)16-22/h3-11,16-18H,12-15H2,1-2H3,(H,27,31). The molecular formula is C25H27FN4O2. The van der Waals surface area contributed by atoms with Crippen LogP contribution in [0.15, 0.2) is 60.7 Å². The highest BCUT2D eigenvalue weighted by Crippen LogP contribution is 2.24. The average molecular weight is 435 g/mol. The van der Waals surface area contributed by atoms with Gasteiger partial charge in [-0.3, -0.25) is 4.79 Å². The molecule has 32 heavy (non-hydrogen) atoms. The first-order chi connectivity index (χ1) is 15.5. The van der Waals surface area contributed by atoms with E-state index in [2.05, 4.69) is 27.3 Å². The maximum absolute atomic E-state index is 13.3. The minimum atomic E-state index is -0.771. The molecule has 0 spiro atoms. The van der Waals surface area contributed by atoms with E-state index in [-0.39, 0.29) is 5.91 Å². The van der Waals surface area contributed by atoms with Gasteiger partial charge in [0.15, 0.2) is 11.9 Å². The normalized spacial score (nSPS) is 15.3. The summed E-state index contributed by atoms with van der Waals surface area (Å²) in [4.78, 5) is 14.7. The molecule has 4 rings (SSSR count). The Hall–Kier alpha value is -3.48. The smallest absolute Gasteiger partial charge is 0.265 e. The van der Waals surface area contributed by atoms with Crippen LogP contribution >= 0.6 is 0 Å². The average Bonchev–Trinajstić information content (AvgIpc) is 2.80. The van der Waals surface area contributed by atoms with Crippen molar-refractivity contribution in [2.45, 2.75) is 32.8 Å². The number of nitrogens with zero attached hydrogens (tertiary/aromatic N) is 3. The van der Waals surface area contributed by atoms with Crippen LogP contribution < -0.4 is 15.0 Å². The third-order valence-electron chi connectivity index (χ3n) is 5.68. The van der Waals surface area contributed by atoms with E-state index in [9.17, 15) is 9.18 Å². The van der Waals surface area contributed by atoms with E-state index < -0.39 is 11.9 Å². The number of halogens is 1. The van der Waals surface area contributed by atoms with Gasteiger partial charge in [0.1, 0.15) is 11.6 Å². The molecule has 0 aliphatic carbocycles. The van der Waals surface area contributed by atoms with Gasteiger partial charge in [-0.2, -0.15) is 0 Å². The quantitative estimate of drug-likeness (QED) is 0.596. The van der Waals surface area contributed by atoms with Gasteiger partial charge in [-0.15, -0.1) is 10.2 Å². The van der Waals surface area contributed by atoms with E-state index in [0.717, 1.165) is 36.1 Å². The van der Waals surface area contributed by atoms with E-state index in [1.165, 1.54) is 31.0 Å². The van der Waals surface area contributed by atoms with Crippen molar-refractivity contribution in [1.29, 1.82) is 0 Å². The number of benzene rings is 2. The fourth-order valence-corrected chi connectivity index (χ4v) is 3.65. The number of hydrogen-bond donors (Lipinski definition) is 1. The van der Waals surface area contributed by atoms with Gasteiger partial charge in [0.2, 0.25) is 0 Å². The molecule has 1 N–H and O–H groups in total. The molecule has 6 nitrogen and oxygen atoms in total. The van der Waals surface area contributed by atoms with E-state index in [0.29, 0.717) is 11.4 Å². The van der Waals surface area contributed by atoms with Crippen molar-refractivity contribution in [2.24, 2.45) is 5.92 Å². The summed E-state index contributed by atoms with van der Waals surface area (Å²) >= 11 is 0. The summed E-state index contributed by atoms with van der Waals surface area (Å²) in [6.07, 6.45) is 1.60. The zero-order valence-corrected chi connectivity index (χ0v) is 18.3. The summed E-state index contributed by atoms with van der Waals surface area (Å²) in [6.45, 7) is 5.95. The molecule has 2 aromatic carbocycles. The molecule has 1 fully saturated rings. The van der Waals surface area contributed by atoms with Crippen LogP contribution in [0.3, 0.4) is 0 Å². The molecule has 1 unspecified atom stereocenters. The Morgan fingerprint density at radius 1 is 1.09 bits per heavy atom. The number of anilines is 2. The maximum atomic E-state index is 13.3. The number of carbonyl (C=O) groups excluding carboxylic acids is 1. The number of ether oxygens (including phenoxy) is 1. The number of aromatic nitrogens is 2. The highest BCUT2D eigenvalue weighted by Gasteiger charge is 2.18. The van der Waals surface area contributed by atoms with Crippen molar-refractivity contribution in [3.8, 4) is 17.0 Å². The summed E-state index contributed by atoms with van der Waals surface area (Å²) in [7, 11) is 0. The van der Waals surface area contributed by atoms with E-state index in [1.807, 2.05) is 36.4 Å². The first-order valence-electron chi connectivity index (χ1n) is 10.9. The van der Waals surface area contributed by atoms with Crippen molar-refractivity contribution >= 4 is 17.4 Å². The summed E-state index contributed by atoms with van der Waals surface area (Å²) in [5.41, 5.74) is 2.33. The molecule has 0 radical (unpaired) electrons. The third-order valence-corrected chi connectivity index (χ3v) is 5.68. The molecule has 1 atom stereocenters. The Balaban J connectivity index is 1.35. The van der Waals surface area contributed by atoms with Crippen molar-refractivity contribution < 1.29 is 13.9 Å². The van der Waals surface area contributed by atoms with Crippen LogP contribution in [0.1, 0.15) is 26.7 Å². The van der Waals surface area contributed by atoms with Crippen LogP contribution in [-0.2, 0) is 4.79 Å². The third kappa shape index (κ3) is 5.41. The molecule has 1 aliphatic rings. The van der Waals surface area contributed by atoms with Gasteiger partial charge >= 0.3 is 0 Å². The Labute approximate surface area is 187 Å². The van der Waals surface area contributed by atoms with Gasteiger partial charge in [-0.25, -0.2) is 4.39 Å². The van der Waals surface area contributed by atoms with E-state index in [1.54, 1.807) is 13.0 Å². The highest BCUT2D eigenvalue weighted by molar-refractivity contribution is 5.94. The number of amides is 1. The van der Waals surface area contributed by atoms with Crippen molar-refractivity contribution in [2.75, 3.05) is 23.3 Å². The molecule has 2 heterocycles. The highest BCUT2D eigenvalue weighted by atomic mass is 19.1. The zero-order chi connectivity index (χ0) is 22.5. The Morgan fingerprint density at radius 3 is 2.50 bits per heavy atom. The topological polar surface area (TPSA) is 67.4 Å². The van der Waals surface area contributed by atoms with Gasteiger partial charge in [0.05, 0.1) is 5.69 Å². The predicted octanol–water partition coefficient (Wildman–Crippen LogP) is 4.93. The van der Waals surface area contributed by atoms with Crippen LogP contribution in [0.5, 0.6) is 5.75 Å². The largest absolute Gasteiger partial charge is 0.481 e. The van der Waals surface area contributed by atoms with Gasteiger partial charge in [0, 0.05) is 30.4 Å². The summed E-state index contributed by atoms with van der Waals surface area (Å²) < 4.78 is 18.8. The molecule has 7 heteroatoms. The SMILES string of the molecule is CC1CCN(c2ccc(-c3ccc(NC(=O)C(C)Oc4cccc(F)c4)cc3)nn2)CC1. The molecule has 1 aliphatic heterocycles. The van der Waals surface area contributed by atoms with Crippen LogP contribution in [0, 0.1) is 11.7 Å². The Morgan fingerprint density at radius 2 is 1.84 bits per heavy atom. The van der Waals surface area contributed by atoms with Crippen LogP contribution in [0.25, 0.3) is 11.3 Å². The monoisotopic (exact) mass is 434 g/mol. The molecule has 166 valence electrons. The first kappa shape index (κ1) is 21.7. The van der Waals surface area contributed by atoms with Gasteiger partial charge in [-0.05, 0) is 62.1 Å². The predicted molar refractivity (Wildman–Crippen MR) is 123 cm³/mol. The van der Waals surface area contributed by atoms with Crippen molar-refractivity contribution in [3.05, 3.63) is 66.5 Å². The number of hydrogen-bond acceptors (Lipinski definition) is 5. The maximum Gasteiger partial charge on any atom is 0.265 e. The second-order valence-corrected chi connectivity index (χ2v) is 8.23. The molecule has 0 saturated carbocycles. The van der Waals surface area contributed by atoms with Gasteiger partial charge in [-0.1, -0.05) is 25.1 Å². The lowest BCUT2D eigenvalue weighted by Gasteiger charge is -2.30. The number of carbonyl (C=O) groups is 1. The minimum absolute atomic E-state index is 0.309. The summed E-state index contributed by atoms with van der Waals surface area (Å²) in [5.74, 6) is 1.27. The summed E-state index contributed by atoms with van der Waals surface area (Å²) in [6, 6.07) is 17.1. The molecular weight excluding hydrogens is 407 g/mol. The van der Waals surface area contributed by atoms with Crippen LogP contribution in [0.4, 0.5) is 15.9 Å². The van der Waals surface area contributed by atoms with Crippen molar-refractivity contribution in [1.82, 2.24) is 10.2 Å². The minimum Gasteiger partial charge on any atom is -0.481 e. The second-order valence-electron chi connectivity index (χ2n) is 8.23. The van der Waals surface area contributed by atoms with E-state index in [4.69, 9.17) is 4.74 Å². The lowest BCUT2D eigenvalue weighted by Crippen LogP contribution is -2.33. The fourth-order valence-electron chi connectivity index (χ4n) is 3.65. The number of nitrogens with one attached hydrogen (secondary N) is 1. The Kier molecular flexibility index (Phi) is 6.63. The van der Waals surface area contributed by atoms with Crippen LogP contribution in [0.2, 0.25) is 0 Å². The van der Waals surface area contributed by atoms with Gasteiger partial charge in [0.25, 0.3) is 5.91 Å². The first-order valence-corrected chi connectivity index (χ1v) is 10.9. The zero-order valence-electron chi connectivity index (χ0n) is 18.3. The fraction of sp³-hybridized carbons (Fsp3) is 0.320. The van der Waals surface area contributed by atoms with Crippen LogP contribution in [-0.4, -0.2) is 35.3 Å². The second kappa shape index (κ2) is 9.77. The summed E-state index contributed by atoms with van der Waals surface area (Å²) in [5, 5.41) is 11.6. The lowest BCUT2D eigenvalue weighted by molar-refractivity contribution is -0.122. The molecule has 1 amide bonds. The lowest BCUT2D eigenvalue weighted by atomic mass is 9.99. The Bertz CT molecular complexity index is 1050. The van der Waals surface area contributed by atoms with Gasteiger partial charge < -0.3 is 15.0 Å². The number of piperidine rings is 1.